The Kier molecular flexibility index (Phi) is 4.73. The molecular weight excluding hydrogens is 390 g/mol. The molecule has 0 amide bonds. The van der Waals surface area contributed by atoms with Crippen molar-refractivity contribution in [3.05, 3.63) is 52.9 Å². The molecule has 0 saturated heterocycles. The second-order valence-electron chi connectivity index (χ2n) is 7.17. The zero-order chi connectivity index (χ0) is 19.8. The summed E-state index contributed by atoms with van der Waals surface area (Å²) in [4.78, 5) is 2.71. The lowest BCUT2D eigenvalue weighted by molar-refractivity contribution is 0.174. The molecular formula is C21H21N3O4S. The highest BCUT2D eigenvalue weighted by molar-refractivity contribution is 7.71. The van der Waals surface area contributed by atoms with Crippen molar-refractivity contribution in [2.45, 2.75) is 32.1 Å². The van der Waals surface area contributed by atoms with Crippen molar-refractivity contribution >= 4 is 12.2 Å². The number of rotatable bonds is 7. The van der Waals surface area contributed by atoms with Gasteiger partial charge in [0.05, 0.1) is 13.8 Å². The fourth-order valence-corrected chi connectivity index (χ4v) is 3.68. The molecule has 1 saturated carbocycles. The number of para-hydroxylation sites is 1. The lowest BCUT2D eigenvalue weighted by atomic mass is 10.2. The Morgan fingerprint density at radius 3 is 2.83 bits per heavy atom. The van der Waals surface area contributed by atoms with Crippen LogP contribution in [0.5, 0.6) is 17.2 Å². The van der Waals surface area contributed by atoms with E-state index in [1.54, 1.807) is 11.8 Å². The van der Waals surface area contributed by atoms with E-state index in [0.717, 1.165) is 29.2 Å². The van der Waals surface area contributed by atoms with Crippen molar-refractivity contribution in [3.8, 4) is 28.7 Å². The quantitative estimate of drug-likeness (QED) is 0.539. The third-order valence-electron chi connectivity index (χ3n) is 5.17. The van der Waals surface area contributed by atoms with Crippen LogP contribution in [0.25, 0.3) is 11.5 Å². The van der Waals surface area contributed by atoms with Crippen LogP contribution in [-0.4, -0.2) is 34.6 Å². The zero-order valence-corrected chi connectivity index (χ0v) is 16.9. The molecule has 2 aliphatic rings. The van der Waals surface area contributed by atoms with E-state index in [4.69, 9.17) is 30.8 Å². The van der Waals surface area contributed by atoms with Crippen LogP contribution in [0.15, 0.2) is 46.9 Å². The number of hydrogen-bond acceptors (Lipinski definition) is 7. The molecule has 1 aromatic heterocycles. The summed E-state index contributed by atoms with van der Waals surface area (Å²) < 4.78 is 23.8. The third kappa shape index (κ3) is 3.73. The van der Waals surface area contributed by atoms with Gasteiger partial charge in [-0.25, -0.2) is 4.68 Å². The van der Waals surface area contributed by atoms with Crippen molar-refractivity contribution in [1.82, 2.24) is 14.7 Å². The minimum absolute atomic E-state index is 0.232. The molecule has 0 bridgehead atoms. The van der Waals surface area contributed by atoms with Gasteiger partial charge in [0.2, 0.25) is 12.7 Å². The van der Waals surface area contributed by atoms with Crippen LogP contribution >= 0.6 is 12.2 Å². The Hall–Kier alpha value is -2.84. The summed E-state index contributed by atoms with van der Waals surface area (Å²) in [6, 6.07) is 14.2. The number of methoxy groups -OCH3 is 1. The molecule has 2 heterocycles. The van der Waals surface area contributed by atoms with E-state index in [1.807, 2.05) is 36.4 Å². The van der Waals surface area contributed by atoms with Crippen molar-refractivity contribution in [2.75, 3.05) is 13.9 Å². The fourth-order valence-electron chi connectivity index (χ4n) is 3.50. The molecule has 1 fully saturated rings. The van der Waals surface area contributed by atoms with Crippen LogP contribution in [0.2, 0.25) is 0 Å². The molecule has 2 aromatic carbocycles. The molecule has 0 radical (unpaired) electrons. The fraction of sp³-hybridized carbons (Fsp3) is 0.333. The Balaban J connectivity index is 1.38. The van der Waals surface area contributed by atoms with Crippen molar-refractivity contribution < 1.29 is 18.6 Å². The van der Waals surface area contributed by atoms with Gasteiger partial charge in [0.25, 0.3) is 4.84 Å². The third-order valence-corrected chi connectivity index (χ3v) is 5.46. The van der Waals surface area contributed by atoms with E-state index in [0.29, 0.717) is 29.2 Å². The number of nitrogens with zero attached hydrogens (tertiary/aromatic N) is 3. The number of ether oxygens (including phenoxy) is 3. The smallest absolute Gasteiger partial charge is 0.288 e. The summed E-state index contributed by atoms with van der Waals surface area (Å²) in [5, 5.41) is 4.62. The van der Waals surface area contributed by atoms with Crippen molar-refractivity contribution in [1.29, 1.82) is 0 Å². The summed E-state index contributed by atoms with van der Waals surface area (Å²) in [5.74, 6) is 2.78. The molecule has 150 valence electrons. The monoisotopic (exact) mass is 411 g/mol. The largest absolute Gasteiger partial charge is 0.496 e. The maximum absolute atomic E-state index is 5.78. The zero-order valence-electron chi connectivity index (χ0n) is 16.0. The summed E-state index contributed by atoms with van der Waals surface area (Å²) in [6.07, 6.45) is 2.35. The first-order chi connectivity index (χ1) is 14.2. The van der Waals surface area contributed by atoms with Gasteiger partial charge < -0.3 is 18.6 Å². The van der Waals surface area contributed by atoms with E-state index in [1.165, 1.54) is 12.8 Å². The molecule has 0 spiro atoms. The SMILES string of the molecule is COc1ccccc1CN(Cn1nc(-c2ccc3c(c2)OCO3)oc1=S)C1CC1. The number of hydrogen-bond donors (Lipinski definition) is 0. The van der Waals surface area contributed by atoms with Crippen LogP contribution in [0.4, 0.5) is 0 Å². The highest BCUT2D eigenvalue weighted by Gasteiger charge is 2.30. The first-order valence-electron chi connectivity index (χ1n) is 9.55. The predicted molar refractivity (Wildman–Crippen MR) is 108 cm³/mol. The van der Waals surface area contributed by atoms with Crippen LogP contribution in [0.1, 0.15) is 18.4 Å². The Morgan fingerprint density at radius 2 is 2.00 bits per heavy atom. The standard InChI is InChI=1S/C21H21N3O4S/c1-25-17-5-3-2-4-15(17)11-23(16-7-8-16)12-24-21(29)28-20(22-24)14-6-9-18-19(10-14)27-13-26-18/h2-6,9-10,16H,7-8,11-13H2,1H3. The second kappa shape index (κ2) is 7.53. The molecule has 0 N–H and O–H groups in total. The summed E-state index contributed by atoms with van der Waals surface area (Å²) in [7, 11) is 1.70. The van der Waals surface area contributed by atoms with Gasteiger partial charge in [0.15, 0.2) is 11.5 Å². The normalized spacial score (nSPS) is 15.1. The summed E-state index contributed by atoms with van der Waals surface area (Å²) in [6.45, 7) is 1.56. The van der Waals surface area contributed by atoms with Gasteiger partial charge in [0, 0.05) is 23.7 Å². The average Bonchev–Trinajstić information content (AvgIpc) is 3.37. The lowest BCUT2D eigenvalue weighted by Crippen LogP contribution is -2.29. The second-order valence-corrected chi connectivity index (χ2v) is 7.52. The first kappa shape index (κ1) is 18.2. The van der Waals surface area contributed by atoms with Crippen LogP contribution < -0.4 is 14.2 Å². The van der Waals surface area contributed by atoms with Gasteiger partial charge in [-0.1, -0.05) is 18.2 Å². The lowest BCUT2D eigenvalue weighted by Gasteiger charge is -2.22. The van der Waals surface area contributed by atoms with Crippen LogP contribution in [-0.2, 0) is 13.2 Å². The minimum atomic E-state index is 0.232. The number of benzene rings is 2. The van der Waals surface area contributed by atoms with Gasteiger partial charge in [0.1, 0.15) is 5.75 Å². The number of aromatic nitrogens is 2. The first-order valence-corrected chi connectivity index (χ1v) is 9.96. The van der Waals surface area contributed by atoms with Gasteiger partial charge in [-0.15, -0.1) is 5.10 Å². The summed E-state index contributed by atoms with van der Waals surface area (Å²) in [5.41, 5.74) is 1.95. The maximum Gasteiger partial charge on any atom is 0.288 e. The Bertz CT molecular complexity index is 1090. The van der Waals surface area contributed by atoms with Gasteiger partial charge in [-0.3, -0.25) is 4.90 Å². The Labute approximate surface area is 173 Å². The highest BCUT2D eigenvalue weighted by Crippen LogP contribution is 2.36. The van der Waals surface area contributed by atoms with Gasteiger partial charge >= 0.3 is 0 Å². The number of fused-ring (bicyclic) bond motifs is 1. The molecule has 1 aliphatic heterocycles. The molecule has 8 heteroatoms. The van der Waals surface area contributed by atoms with E-state index in [-0.39, 0.29) is 6.79 Å². The minimum Gasteiger partial charge on any atom is -0.496 e. The van der Waals surface area contributed by atoms with E-state index in [9.17, 15) is 0 Å². The molecule has 0 atom stereocenters. The topological polar surface area (TPSA) is 61.9 Å². The highest BCUT2D eigenvalue weighted by atomic mass is 32.1. The van der Waals surface area contributed by atoms with Gasteiger partial charge in [-0.2, -0.15) is 0 Å². The Morgan fingerprint density at radius 1 is 1.17 bits per heavy atom. The molecule has 1 aliphatic carbocycles. The van der Waals surface area contributed by atoms with Crippen LogP contribution in [0, 0.1) is 4.84 Å². The molecule has 7 nitrogen and oxygen atoms in total. The van der Waals surface area contributed by atoms with E-state index in [2.05, 4.69) is 16.1 Å². The van der Waals surface area contributed by atoms with E-state index >= 15 is 0 Å². The molecule has 3 aromatic rings. The molecule has 29 heavy (non-hydrogen) atoms. The van der Waals surface area contributed by atoms with Crippen molar-refractivity contribution in [3.63, 3.8) is 0 Å². The van der Waals surface area contributed by atoms with Crippen molar-refractivity contribution in [2.24, 2.45) is 0 Å². The van der Waals surface area contributed by atoms with Gasteiger partial charge in [-0.05, 0) is 49.3 Å². The van der Waals surface area contributed by atoms with E-state index < -0.39 is 0 Å². The molecule has 0 unspecified atom stereocenters. The predicted octanol–water partition coefficient (Wildman–Crippen LogP) is 4.23. The maximum atomic E-state index is 5.78. The van der Waals surface area contributed by atoms with Crippen LogP contribution in [0.3, 0.4) is 0 Å². The average molecular weight is 411 g/mol. The summed E-state index contributed by atoms with van der Waals surface area (Å²) >= 11 is 5.44. The molecule has 5 rings (SSSR count).